The molecule has 37 heavy (non-hydrogen) atoms. The summed E-state index contributed by atoms with van der Waals surface area (Å²) in [5.41, 5.74) is 4.91. The van der Waals surface area contributed by atoms with Gasteiger partial charge in [0.25, 0.3) is 0 Å². The Balaban J connectivity index is 0.00000235. The number of aliphatic hydroxyl groups is 1. The highest BCUT2D eigenvalue weighted by molar-refractivity contribution is 5.91. The molecular weight excluding hydrogens is 468 g/mol. The fourth-order valence-electron chi connectivity index (χ4n) is 3.57. The fraction of sp³-hybridized carbons (Fsp3) is 0.419. The van der Waals surface area contributed by atoms with Gasteiger partial charge in [0.05, 0.1) is 6.61 Å². The predicted molar refractivity (Wildman–Crippen MR) is 144 cm³/mol. The number of esters is 2. The molecule has 198 valence electrons. The van der Waals surface area contributed by atoms with Gasteiger partial charge in [-0.15, -0.1) is 0 Å². The molecule has 1 atom stereocenters. The number of benzene rings is 2. The highest BCUT2D eigenvalue weighted by Crippen LogP contribution is 2.24. The highest BCUT2D eigenvalue weighted by atomic mass is 16.6. The van der Waals surface area contributed by atoms with Crippen molar-refractivity contribution < 1.29 is 28.9 Å². The lowest BCUT2D eigenvalue weighted by Gasteiger charge is -2.18. The van der Waals surface area contributed by atoms with E-state index in [9.17, 15) is 9.59 Å². The summed E-state index contributed by atoms with van der Waals surface area (Å²) in [6.45, 7) is 10.8. The van der Waals surface area contributed by atoms with Crippen molar-refractivity contribution in [3.8, 4) is 17.6 Å². The molecule has 0 bridgehead atoms. The molecule has 1 fully saturated rings. The van der Waals surface area contributed by atoms with Gasteiger partial charge in [-0.2, -0.15) is 0 Å². The zero-order chi connectivity index (χ0) is 27.4. The van der Waals surface area contributed by atoms with Gasteiger partial charge in [0.2, 0.25) is 0 Å². The van der Waals surface area contributed by atoms with Crippen LogP contribution in [0.5, 0.6) is 5.75 Å². The molecule has 2 aromatic rings. The largest absolute Gasteiger partial charge is 0.494 e. The summed E-state index contributed by atoms with van der Waals surface area (Å²) < 4.78 is 16.2. The van der Waals surface area contributed by atoms with Crippen LogP contribution in [0.1, 0.15) is 70.6 Å². The van der Waals surface area contributed by atoms with Gasteiger partial charge in [-0.1, -0.05) is 50.3 Å². The second-order valence-corrected chi connectivity index (χ2v) is 9.95. The van der Waals surface area contributed by atoms with E-state index in [-0.39, 0.29) is 30.4 Å². The summed E-state index contributed by atoms with van der Waals surface area (Å²) in [5, 5.41) is 7.00. The van der Waals surface area contributed by atoms with E-state index in [0.29, 0.717) is 25.0 Å². The van der Waals surface area contributed by atoms with E-state index in [1.807, 2.05) is 38.1 Å². The maximum Gasteiger partial charge on any atom is 0.334 e. The average molecular weight is 507 g/mol. The maximum absolute atomic E-state index is 12.0. The summed E-state index contributed by atoms with van der Waals surface area (Å²) in [5.74, 6) is 6.46. The maximum atomic E-state index is 12.0. The summed E-state index contributed by atoms with van der Waals surface area (Å²) in [6.07, 6.45) is 0.876. The second kappa shape index (κ2) is 14.2. The Morgan fingerprint density at radius 3 is 2.08 bits per heavy atom. The Labute approximate surface area is 220 Å². The van der Waals surface area contributed by atoms with Gasteiger partial charge in [0.1, 0.15) is 18.5 Å². The minimum Gasteiger partial charge on any atom is -0.494 e. The van der Waals surface area contributed by atoms with Crippen molar-refractivity contribution in [2.75, 3.05) is 20.3 Å². The molecule has 6 heteroatoms. The number of hydrogen-bond donors (Lipinski definition) is 1. The van der Waals surface area contributed by atoms with Crippen molar-refractivity contribution in [3.63, 3.8) is 0 Å². The van der Waals surface area contributed by atoms with Crippen LogP contribution in [-0.2, 0) is 24.5 Å². The molecule has 2 aromatic carbocycles. The van der Waals surface area contributed by atoms with Gasteiger partial charge in [-0.25, -0.2) is 4.79 Å². The quantitative estimate of drug-likeness (QED) is 0.236. The molecule has 1 aliphatic heterocycles. The fourth-order valence-corrected chi connectivity index (χ4v) is 3.57. The Morgan fingerprint density at radius 2 is 1.57 bits per heavy atom. The van der Waals surface area contributed by atoms with Crippen LogP contribution in [0, 0.1) is 11.8 Å². The van der Waals surface area contributed by atoms with Crippen LogP contribution in [-0.4, -0.2) is 43.5 Å². The number of carbonyl (C=O) groups excluding carboxylic acids is 2. The standard InChI is InChI=1S/C30H34O5.CH4O/c1-21(2)27-19-26(35-29(27)32)20-34-28(31)7-6-18-33-25-16-12-23(13-17-25)9-8-22-10-14-24(15-11-22)30(3,4)5;1-2/h10-17,26H,6-7,18-20H2,1-5H3;2H,1H3. The van der Waals surface area contributed by atoms with Crippen LogP contribution in [0.2, 0.25) is 0 Å². The Morgan fingerprint density at radius 1 is 1.00 bits per heavy atom. The number of ether oxygens (including phenoxy) is 3. The monoisotopic (exact) mass is 506 g/mol. The van der Waals surface area contributed by atoms with Crippen molar-refractivity contribution in [1.82, 2.24) is 0 Å². The van der Waals surface area contributed by atoms with E-state index < -0.39 is 6.10 Å². The molecule has 1 aliphatic rings. The first kappa shape index (κ1) is 29.7. The van der Waals surface area contributed by atoms with E-state index in [2.05, 4.69) is 56.9 Å². The van der Waals surface area contributed by atoms with Gasteiger partial charge < -0.3 is 19.3 Å². The molecule has 1 unspecified atom stereocenters. The molecule has 3 rings (SSSR count). The van der Waals surface area contributed by atoms with Crippen molar-refractivity contribution in [2.45, 2.75) is 65.4 Å². The third-order valence-electron chi connectivity index (χ3n) is 5.74. The molecular formula is C31H38O6. The van der Waals surface area contributed by atoms with E-state index in [0.717, 1.165) is 29.6 Å². The van der Waals surface area contributed by atoms with Gasteiger partial charge >= 0.3 is 11.9 Å². The summed E-state index contributed by atoms with van der Waals surface area (Å²) in [7, 11) is 1.00. The first-order valence-electron chi connectivity index (χ1n) is 12.4. The van der Waals surface area contributed by atoms with Crippen LogP contribution in [0.15, 0.2) is 59.7 Å². The molecule has 0 aliphatic carbocycles. The predicted octanol–water partition coefficient (Wildman–Crippen LogP) is 5.35. The van der Waals surface area contributed by atoms with E-state index in [4.69, 9.17) is 19.3 Å². The SMILES string of the molecule is CC(C)=C1CC(COC(=O)CCCOc2ccc(C#Cc3ccc(C(C)(C)C)cc3)cc2)OC1=O.CO. The zero-order valence-electron chi connectivity index (χ0n) is 22.7. The van der Waals surface area contributed by atoms with Crippen LogP contribution in [0.3, 0.4) is 0 Å². The van der Waals surface area contributed by atoms with E-state index >= 15 is 0 Å². The van der Waals surface area contributed by atoms with Gasteiger partial charge in [0.15, 0.2) is 0 Å². The average Bonchev–Trinajstić information content (AvgIpc) is 3.26. The molecule has 0 spiro atoms. The number of aliphatic hydroxyl groups excluding tert-OH is 1. The molecule has 1 heterocycles. The third kappa shape index (κ3) is 9.78. The molecule has 1 N–H and O–H groups in total. The lowest BCUT2D eigenvalue weighted by Crippen LogP contribution is -2.18. The van der Waals surface area contributed by atoms with Gasteiger partial charge in [0, 0.05) is 36.7 Å². The number of rotatable bonds is 7. The Kier molecular flexibility index (Phi) is 11.4. The lowest BCUT2D eigenvalue weighted by atomic mass is 9.87. The topological polar surface area (TPSA) is 82.1 Å². The second-order valence-electron chi connectivity index (χ2n) is 9.95. The van der Waals surface area contributed by atoms with Gasteiger partial charge in [-0.05, 0) is 67.6 Å². The van der Waals surface area contributed by atoms with Crippen LogP contribution < -0.4 is 4.74 Å². The molecule has 0 saturated carbocycles. The van der Waals surface area contributed by atoms with Crippen LogP contribution >= 0.6 is 0 Å². The summed E-state index contributed by atoms with van der Waals surface area (Å²) >= 11 is 0. The highest BCUT2D eigenvalue weighted by Gasteiger charge is 2.30. The van der Waals surface area contributed by atoms with Crippen molar-refractivity contribution in [3.05, 3.63) is 76.4 Å². The molecule has 0 radical (unpaired) electrons. The van der Waals surface area contributed by atoms with Crippen molar-refractivity contribution in [1.29, 1.82) is 0 Å². The Bertz CT molecular complexity index is 1120. The lowest BCUT2D eigenvalue weighted by molar-refractivity contribution is -0.152. The minimum atomic E-state index is -0.392. The number of hydrogen-bond acceptors (Lipinski definition) is 6. The molecule has 0 aromatic heterocycles. The van der Waals surface area contributed by atoms with Gasteiger partial charge in [-0.3, -0.25) is 4.79 Å². The van der Waals surface area contributed by atoms with E-state index in [1.54, 1.807) is 0 Å². The Hall–Kier alpha value is -3.56. The number of allylic oxidation sites excluding steroid dienone is 1. The normalized spacial score (nSPS) is 14.5. The number of cyclic esters (lactones) is 1. The van der Waals surface area contributed by atoms with Crippen molar-refractivity contribution in [2.24, 2.45) is 0 Å². The summed E-state index contributed by atoms with van der Waals surface area (Å²) in [6, 6.07) is 15.9. The summed E-state index contributed by atoms with van der Waals surface area (Å²) in [4.78, 5) is 23.7. The van der Waals surface area contributed by atoms with Crippen LogP contribution in [0.25, 0.3) is 0 Å². The molecule has 6 nitrogen and oxygen atoms in total. The first-order chi connectivity index (χ1) is 17.6. The van der Waals surface area contributed by atoms with Crippen LogP contribution in [0.4, 0.5) is 0 Å². The first-order valence-corrected chi connectivity index (χ1v) is 12.4. The zero-order valence-corrected chi connectivity index (χ0v) is 22.7. The smallest absolute Gasteiger partial charge is 0.334 e. The third-order valence-corrected chi connectivity index (χ3v) is 5.74. The van der Waals surface area contributed by atoms with Crippen molar-refractivity contribution >= 4 is 11.9 Å². The molecule has 1 saturated heterocycles. The molecule has 0 amide bonds. The number of carbonyl (C=O) groups is 2. The minimum absolute atomic E-state index is 0.0887. The van der Waals surface area contributed by atoms with E-state index in [1.165, 1.54) is 5.56 Å².